The number of rotatable bonds is 0. The molecule has 0 heteroatoms. The van der Waals surface area contributed by atoms with Gasteiger partial charge in [-0.25, -0.2) is 0 Å². The van der Waals surface area contributed by atoms with E-state index in [-0.39, 0.29) is 0 Å². The van der Waals surface area contributed by atoms with Crippen molar-refractivity contribution in [1.82, 2.24) is 0 Å². The molecule has 0 saturated carbocycles. The van der Waals surface area contributed by atoms with Gasteiger partial charge in [-0.1, -0.05) is 18.1 Å². The van der Waals surface area contributed by atoms with Crippen molar-refractivity contribution in [2.75, 3.05) is 0 Å². The van der Waals surface area contributed by atoms with Crippen LogP contribution in [0.3, 0.4) is 0 Å². The Morgan fingerprint density at radius 3 is 2.11 bits per heavy atom. The van der Waals surface area contributed by atoms with E-state index in [1.165, 1.54) is 11.1 Å². The zero-order valence-corrected chi connectivity index (χ0v) is 6.44. The van der Waals surface area contributed by atoms with Crippen LogP contribution < -0.4 is 0 Å². The Morgan fingerprint density at radius 2 is 2.00 bits per heavy atom. The van der Waals surface area contributed by atoms with Gasteiger partial charge >= 0.3 is 0 Å². The van der Waals surface area contributed by atoms with Crippen molar-refractivity contribution in [1.29, 1.82) is 0 Å². The van der Waals surface area contributed by atoms with Gasteiger partial charge in [0.1, 0.15) is 0 Å². The first-order valence-electron chi connectivity index (χ1n) is 3.54. The van der Waals surface area contributed by atoms with E-state index in [1.807, 2.05) is 0 Å². The average Bonchev–Trinajstić information content (AvgIpc) is 1.98. The molecule has 0 fully saturated rings. The predicted molar refractivity (Wildman–Crippen MR) is 39.9 cm³/mol. The van der Waals surface area contributed by atoms with Crippen LogP contribution in [0.5, 0.6) is 0 Å². The lowest BCUT2D eigenvalue weighted by molar-refractivity contribution is 0.528. The molecule has 50 valence electrons. The third-order valence-electron chi connectivity index (χ3n) is 2.54. The van der Waals surface area contributed by atoms with E-state index in [1.54, 1.807) is 0 Å². The van der Waals surface area contributed by atoms with Crippen molar-refractivity contribution in [3.05, 3.63) is 18.1 Å². The molecule has 9 heavy (non-hydrogen) atoms. The van der Waals surface area contributed by atoms with Crippen molar-refractivity contribution in [2.45, 2.75) is 27.2 Å². The molecular weight excluding hydrogens is 108 g/mol. The second kappa shape index (κ2) is 2.17. The summed E-state index contributed by atoms with van der Waals surface area (Å²) in [5.41, 5.74) is 3.00. The first-order chi connectivity index (χ1) is 4.13. The van der Waals surface area contributed by atoms with E-state index in [4.69, 9.17) is 6.92 Å². The standard InChI is InChI=1S/C9H14/c1-6-5-7(2)9(4)8(6)3/h1,6,8H,5H2,2-4H3. The summed E-state index contributed by atoms with van der Waals surface area (Å²) >= 11 is 0. The molecule has 0 bridgehead atoms. The molecular formula is C9H14. The van der Waals surface area contributed by atoms with Gasteiger partial charge in [0.2, 0.25) is 0 Å². The lowest BCUT2D eigenvalue weighted by Gasteiger charge is -2.09. The first kappa shape index (κ1) is 6.85. The van der Waals surface area contributed by atoms with Crippen LogP contribution in [0, 0.1) is 18.8 Å². The molecule has 0 N–H and O–H groups in total. The zero-order chi connectivity index (χ0) is 7.02. The minimum absolute atomic E-state index is 0.394. The smallest absolute Gasteiger partial charge is 0.0198 e. The highest BCUT2D eigenvalue weighted by Crippen LogP contribution is 2.35. The van der Waals surface area contributed by atoms with Gasteiger partial charge in [0.05, 0.1) is 0 Å². The van der Waals surface area contributed by atoms with Crippen molar-refractivity contribution < 1.29 is 0 Å². The van der Waals surface area contributed by atoms with Crippen molar-refractivity contribution in [3.8, 4) is 0 Å². The Morgan fingerprint density at radius 1 is 1.44 bits per heavy atom. The van der Waals surface area contributed by atoms with Gasteiger partial charge in [0.15, 0.2) is 0 Å². The van der Waals surface area contributed by atoms with Crippen LogP contribution in [0.25, 0.3) is 0 Å². The van der Waals surface area contributed by atoms with Gasteiger partial charge in [-0.05, 0) is 39.0 Å². The fraction of sp³-hybridized carbons (Fsp3) is 0.667. The molecule has 0 aromatic heterocycles. The molecule has 0 nitrogen and oxygen atoms in total. The first-order valence-corrected chi connectivity index (χ1v) is 3.54. The minimum atomic E-state index is 0.394. The monoisotopic (exact) mass is 122 g/mol. The van der Waals surface area contributed by atoms with Gasteiger partial charge in [-0.3, -0.25) is 0 Å². The SMILES string of the molecule is [CH]C1CC(C)=C(C)C1C. The number of hydrogen-bond donors (Lipinski definition) is 0. The van der Waals surface area contributed by atoms with Crippen molar-refractivity contribution >= 4 is 0 Å². The third kappa shape index (κ3) is 1.03. The van der Waals surface area contributed by atoms with E-state index >= 15 is 0 Å². The second-order valence-corrected chi connectivity index (χ2v) is 3.12. The summed E-state index contributed by atoms with van der Waals surface area (Å²) in [7, 11) is 0. The van der Waals surface area contributed by atoms with Crippen LogP contribution in [-0.2, 0) is 0 Å². The minimum Gasteiger partial charge on any atom is -0.0738 e. The van der Waals surface area contributed by atoms with E-state index in [0.29, 0.717) is 11.8 Å². The lowest BCUT2D eigenvalue weighted by atomic mass is 9.96. The predicted octanol–water partition coefficient (Wildman–Crippen LogP) is 2.69. The largest absolute Gasteiger partial charge is 0.0738 e. The summed E-state index contributed by atoms with van der Waals surface area (Å²) in [5.74, 6) is 1.01. The summed E-state index contributed by atoms with van der Waals surface area (Å²) < 4.78 is 0. The highest BCUT2D eigenvalue weighted by Gasteiger charge is 2.22. The van der Waals surface area contributed by atoms with Gasteiger partial charge in [-0.15, -0.1) is 0 Å². The summed E-state index contributed by atoms with van der Waals surface area (Å²) in [6.07, 6.45) is 1.10. The normalized spacial score (nSPS) is 36.0. The second-order valence-electron chi connectivity index (χ2n) is 3.12. The molecule has 1 aliphatic carbocycles. The number of hydrogen-bond acceptors (Lipinski definition) is 0. The molecule has 1 aliphatic rings. The van der Waals surface area contributed by atoms with Crippen LogP contribution in [0.1, 0.15) is 27.2 Å². The van der Waals surface area contributed by atoms with Gasteiger partial charge < -0.3 is 0 Å². The van der Waals surface area contributed by atoms with Crippen LogP contribution >= 0.6 is 0 Å². The molecule has 0 spiro atoms. The maximum absolute atomic E-state index is 5.82. The molecule has 0 heterocycles. The summed E-state index contributed by atoms with van der Waals surface area (Å²) in [6.45, 7) is 12.4. The Balaban J connectivity index is 2.74. The van der Waals surface area contributed by atoms with E-state index < -0.39 is 0 Å². The molecule has 0 aromatic carbocycles. The Labute approximate surface area is 58.0 Å². The fourth-order valence-corrected chi connectivity index (χ4v) is 1.40. The van der Waals surface area contributed by atoms with E-state index in [2.05, 4.69) is 20.8 Å². The molecule has 2 atom stereocenters. The zero-order valence-electron chi connectivity index (χ0n) is 6.44. The lowest BCUT2D eigenvalue weighted by Crippen LogP contribution is -2.00. The van der Waals surface area contributed by atoms with Crippen molar-refractivity contribution in [2.24, 2.45) is 11.8 Å². The maximum Gasteiger partial charge on any atom is -0.0198 e. The molecule has 2 unspecified atom stereocenters. The highest BCUT2D eigenvalue weighted by atomic mass is 14.3. The fourth-order valence-electron chi connectivity index (χ4n) is 1.40. The quantitative estimate of drug-likeness (QED) is 0.433. The summed E-state index contributed by atoms with van der Waals surface area (Å²) in [5, 5.41) is 0. The Bertz CT molecular complexity index is 142. The molecule has 2 radical (unpaired) electrons. The van der Waals surface area contributed by atoms with Crippen LogP contribution in [-0.4, -0.2) is 0 Å². The van der Waals surface area contributed by atoms with E-state index in [0.717, 1.165) is 6.42 Å². The summed E-state index contributed by atoms with van der Waals surface area (Å²) in [4.78, 5) is 0. The third-order valence-corrected chi connectivity index (χ3v) is 2.54. The topological polar surface area (TPSA) is 0 Å². The van der Waals surface area contributed by atoms with E-state index in [9.17, 15) is 0 Å². The number of allylic oxidation sites excluding steroid dienone is 2. The van der Waals surface area contributed by atoms with Crippen LogP contribution in [0.15, 0.2) is 11.1 Å². The molecule has 1 rings (SSSR count). The van der Waals surface area contributed by atoms with Gasteiger partial charge in [0.25, 0.3) is 0 Å². The molecule has 0 aliphatic heterocycles. The van der Waals surface area contributed by atoms with Crippen molar-refractivity contribution in [3.63, 3.8) is 0 Å². The Hall–Kier alpha value is -0.260. The highest BCUT2D eigenvalue weighted by molar-refractivity contribution is 5.20. The van der Waals surface area contributed by atoms with Gasteiger partial charge in [-0.2, -0.15) is 0 Å². The summed E-state index contributed by atoms with van der Waals surface area (Å²) in [6, 6.07) is 0. The maximum atomic E-state index is 5.82. The molecule has 0 amide bonds. The molecule has 0 saturated heterocycles. The van der Waals surface area contributed by atoms with Gasteiger partial charge in [0, 0.05) is 0 Å². The van der Waals surface area contributed by atoms with Crippen LogP contribution in [0.2, 0.25) is 0 Å². The molecule has 0 aromatic rings. The van der Waals surface area contributed by atoms with Crippen LogP contribution in [0.4, 0.5) is 0 Å². The average molecular weight is 122 g/mol. The Kier molecular flexibility index (Phi) is 1.65.